The van der Waals surface area contributed by atoms with Gasteiger partial charge in [0.05, 0.1) is 0 Å². The first-order valence-electron chi connectivity index (χ1n) is 7.58. The van der Waals surface area contributed by atoms with Gasteiger partial charge >= 0.3 is 0 Å². The monoisotopic (exact) mass is 308 g/mol. The number of fused-ring (bicyclic) bond motifs is 2. The molecule has 0 fully saturated rings. The molecular formula is C17H16N4O2. The second-order valence-corrected chi connectivity index (χ2v) is 5.70. The van der Waals surface area contributed by atoms with Crippen molar-refractivity contribution in [3.63, 3.8) is 0 Å². The third-order valence-corrected chi connectivity index (χ3v) is 4.29. The van der Waals surface area contributed by atoms with Crippen LogP contribution in [0.25, 0.3) is 5.52 Å². The maximum Gasteiger partial charge on any atom is 0.291 e. The van der Waals surface area contributed by atoms with Crippen molar-refractivity contribution >= 4 is 17.1 Å². The summed E-state index contributed by atoms with van der Waals surface area (Å²) in [7, 11) is 0. The fourth-order valence-corrected chi connectivity index (χ4v) is 3.16. The maximum atomic E-state index is 12.6. The Balaban J connectivity index is 1.68. The highest BCUT2D eigenvalue weighted by Gasteiger charge is 2.25. The SMILES string of the molecule is Cc1nn(CC(=O)N2CCc3ccccc32)c(=O)c2cccn12. The number of para-hydroxylation sites is 1. The molecule has 6 heteroatoms. The van der Waals surface area contributed by atoms with E-state index >= 15 is 0 Å². The molecule has 1 aliphatic rings. The molecular weight excluding hydrogens is 292 g/mol. The fraction of sp³-hybridized carbons (Fsp3) is 0.235. The number of hydrogen-bond acceptors (Lipinski definition) is 3. The summed E-state index contributed by atoms with van der Waals surface area (Å²) in [4.78, 5) is 26.8. The van der Waals surface area contributed by atoms with E-state index in [1.165, 1.54) is 10.2 Å². The van der Waals surface area contributed by atoms with Gasteiger partial charge in [0.2, 0.25) is 5.91 Å². The Morgan fingerprint density at radius 2 is 2.04 bits per heavy atom. The molecule has 2 aromatic heterocycles. The molecule has 0 saturated carbocycles. The molecule has 1 amide bonds. The van der Waals surface area contributed by atoms with E-state index in [1.807, 2.05) is 31.2 Å². The molecule has 3 aromatic rings. The number of amides is 1. The van der Waals surface area contributed by atoms with Crippen molar-refractivity contribution in [3.8, 4) is 0 Å². The number of anilines is 1. The lowest BCUT2D eigenvalue weighted by molar-refractivity contribution is -0.119. The summed E-state index contributed by atoms with van der Waals surface area (Å²) in [6.07, 6.45) is 2.64. The predicted molar refractivity (Wildman–Crippen MR) is 86.7 cm³/mol. The minimum atomic E-state index is -0.249. The number of aryl methyl sites for hydroxylation is 1. The number of nitrogens with zero attached hydrogens (tertiary/aromatic N) is 4. The average Bonchev–Trinajstić information content (AvgIpc) is 3.19. The van der Waals surface area contributed by atoms with Crippen molar-refractivity contribution in [2.75, 3.05) is 11.4 Å². The Morgan fingerprint density at radius 1 is 1.22 bits per heavy atom. The molecule has 1 aliphatic heterocycles. The van der Waals surface area contributed by atoms with Crippen molar-refractivity contribution in [3.05, 3.63) is 64.3 Å². The van der Waals surface area contributed by atoms with E-state index in [0.717, 1.165) is 12.1 Å². The number of rotatable bonds is 2. The Morgan fingerprint density at radius 3 is 2.91 bits per heavy atom. The molecule has 0 saturated heterocycles. The van der Waals surface area contributed by atoms with Crippen LogP contribution in [-0.2, 0) is 17.8 Å². The summed E-state index contributed by atoms with van der Waals surface area (Å²) < 4.78 is 2.99. The molecule has 0 unspecified atom stereocenters. The minimum absolute atomic E-state index is 0.0459. The van der Waals surface area contributed by atoms with Gasteiger partial charge in [0.15, 0.2) is 0 Å². The zero-order valence-electron chi connectivity index (χ0n) is 12.8. The molecule has 6 nitrogen and oxygen atoms in total. The van der Waals surface area contributed by atoms with Crippen LogP contribution in [0.4, 0.5) is 5.69 Å². The highest BCUT2D eigenvalue weighted by Crippen LogP contribution is 2.27. The van der Waals surface area contributed by atoms with Crippen LogP contribution in [0.1, 0.15) is 11.4 Å². The lowest BCUT2D eigenvalue weighted by Crippen LogP contribution is -2.37. The van der Waals surface area contributed by atoms with Gasteiger partial charge in [-0.05, 0) is 37.1 Å². The van der Waals surface area contributed by atoms with Crippen molar-refractivity contribution in [1.29, 1.82) is 0 Å². The van der Waals surface area contributed by atoms with Gasteiger partial charge in [-0.1, -0.05) is 18.2 Å². The molecule has 0 spiro atoms. The van der Waals surface area contributed by atoms with Crippen molar-refractivity contribution in [1.82, 2.24) is 14.2 Å². The van der Waals surface area contributed by atoms with E-state index in [2.05, 4.69) is 5.10 Å². The van der Waals surface area contributed by atoms with Gasteiger partial charge in [0.1, 0.15) is 17.9 Å². The molecule has 0 atom stereocenters. The second kappa shape index (κ2) is 5.08. The van der Waals surface area contributed by atoms with Gasteiger partial charge in [-0.25, -0.2) is 4.68 Å². The molecule has 0 bridgehead atoms. The molecule has 0 aliphatic carbocycles. The number of carbonyl (C=O) groups is 1. The van der Waals surface area contributed by atoms with E-state index in [0.29, 0.717) is 17.9 Å². The smallest absolute Gasteiger partial charge is 0.291 e. The molecule has 0 N–H and O–H groups in total. The zero-order valence-corrected chi connectivity index (χ0v) is 12.8. The van der Waals surface area contributed by atoms with Gasteiger partial charge in [0.25, 0.3) is 5.56 Å². The van der Waals surface area contributed by atoms with Crippen LogP contribution in [-0.4, -0.2) is 26.6 Å². The summed E-state index contributed by atoms with van der Waals surface area (Å²) in [5.41, 5.74) is 2.39. The molecule has 3 heterocycles. The highest BCUT2D eigenvalue weighted by atomic mass is 16.2. The Labute approximate surface area is 132 Å². The van der Waals surface area contributed by atoms with Crippen LogP contribution in [0, 0.1) is 6.92 Å². The van der Waals surface area contributed by atoms with Crippen LogP contribution >= 0.6 is 0 Å². The lowest BCUT2D eigenvalue weighted by Gasteiger charge is -2.17. The van der Waals surface area contributed by atoms with Gasteiger partial charge in [0, 0.05) is 18.4 Å². The maximum absolute atomic E-state index is 12.6. The molecule has 0 radical (unpaired) electrons. The van der Waals surface area contributed by atoms with Gasteiger partial charge in [-0.3, -0.25) is 14.0 Å². The molecule has 4 rings (SSSR count). The normalized spacial score (nSPS) is 13.5. The summed E-state index contributed by atoms with van der Waals surface area (Å²) in [6.45, 7) is 2.42. The lowest BCUT2D eigenvalue weighted by atomic mass is 10.2. The Kier molecular flexibility index (Phi) is 3.04. The highest BCUT2D eigenvalue weighted by molar-refractivity contribution is 5.95. The van der Waals surface area contributed by atoms with E-state index < -0.39 is 0 Å². The number of carbonyl (C=O) groups excluding carboxylic acids is 1. The van der Waals surface area contributed by atoms with E-state index in [1.54, 1.807) is 27.6 Å². The van der Waals surface area contributed by atoms with E-state index in [9.17, 15) is 9.59 Å². The summed E-state index contributed by atoms with van der Waals surface area (Å²) in [5, 5.41) is 4.26. The quantitative estimate of drug-likeness (QED) is 0.719. The first-order chi connectivity index (χ1) is 11.1. The fourth-order valence-electron chi connectivity index (χ4n) is 3.16. The van der Waals surface area contributed by atoms with E-state index in [4.69, 9.17) is 0 Å². The standard InChI is InChI=1S/C17H16N4O2/c1-12-18-21(17(23)15-7-4-9-19(12)15)11-16(22)20-10-8-13-5-2-3-6-14(13)20/h2-7,9H,8,10-11H2,1H3. The van der Waals surface area contributed by atoms with Crippen LogP contribution in [0.3, 0.4) is 0 Å². The van der Waals surface area contributed by atoms with E-state index in [-0.39, 0.29) is 18.0 Å². The van der Waals surface area contributed by atoms with Gasteiger partial charge in [-0.15, -0.1) is 0 Å². The largest absolute Gasteiger partial charge is 0.310 e. The van der Waals surface area contributed by atoms with Crippen molar-refractivity contribution in [2.45, 2.75) is 19.9 Å². The van der Waals surface area contributed by atoms with Crippen LogP contribution < -0.4 is 10.5 Å². The molecule has 1 aromatic carbocycles. The minimum Gasteiger partial charge on any atom is -0.310 e. The second-order valence-electron chi connectivity index (χ2n) is 5.70. The van der Waals surface area contributed by atoms with Crippen LogP contribution in [0.15, 0.2) is 47.4 Å². The average molecular weight is 308 g/mol. The number of hydrogen-bond donors (Lipinski definition) is 0. The van der Waals surface area contributed by atoms with Crippen molar-refractivity contribution < 1.29 is 4.79 Å². The van der Waals surface area contributed by atoms with Crippen LogP contribution in [0.5, 0.6) is 0 Å². The predicted octanol–water partition coefficient (Wildman–Crippen LogP) is 1.39. The van der Waals surface area contributed by atoms with Crippen molar-refractivity contribution in [2.24, 2.45) is 0 Å². The first kappa shape index (κ1) is 13.8. The Bertz CT molecular complexity index is 970. The summed E-state index contributed by atoms with van der Waals surface area (Å²) >= 11 is 0. The van der Waals surface area contributed by atoms with Gasteiger partial charge < -0.3 is 4.90 Å². The molecule has 23 heavy (non-hydrogen) atoms. The van der Waals surface area contributed by atoms with Crippen LogP contribution in [0.2, 0.25) is 0 Å². The Hall–Kier alpha value is -2.89. The molecule has 116 valence electrons. The third-order valence-electron chi connectivity index (χ3n) is 4.29. The first-order valence-corrected chi connectivity index (χ1v) is 7.58. The zero-order chi connectivity index (χ0) is 16.0. The number of aromatic nitrogens is 3. The summed E-state index contributed by atoms with van der Waals surface area (Å²) in [6, 6.07) is 11.4. The topological polar surface area (TPSA) is 59.6 Å². The summed E-state index contributed by atoms with van der Waals surface area (Å²) in [5.74, 6) is 0.569. The third kappa shape index (κ3) is 2.14. The number of benzene rings is 1. The van der Waals surface area contributed by atoms with Gasteiger partial charge in [-0.2, -0.15) is 5.10 Å².